The molecular formula is C8H13N3O3. The van der Waals surface area contributed by atoms with Crippen LogP contribution < -0.4 is 0 Å². The first-order valence-corrected chi connectivity index (χ1v) is 4.28. The number of aliphatic hydroxyl groups is 1. The summed E-state index contributed by atoms with van der Waals surface area (Å²) in [6.45, 7) is 3.71. The lowest BCUT2D eigenvalue weighted by atomic mass is 10.1. The lowest BCUT2D eigenvalue weighted by molar-refractivity contribution is -0.396. The molecule has 0 aromatic carbocycles. The van der Waals surface area contributed by atoms with Crippen LogP contribution >= 0.6 is 0 Å². The molecule has 0 spiro atoms. The number of hydrogen-bond donors (Lipinski definition) is 1. The molecule has 0 unspecified atom stereocenters. The quantitative estimate of drug-likeness (QED) is 0.578. The fourth-order valence-corrected chi connectivity index (χ4v) is 1.04. The lowest BCUT2D eigenvalue weighted by Crippen LogP contribution is -2.21. The summed E-state index contributed by atoms with van der Waals surface area (Å²) in [5.41, 5.74) is -0.821. The van der Waals surface area contributed by atoms with Crippen LogP contribution in [0.5, 0.6) is 0 Å². The Labute approximate surface area is 81.3 Å². The van der Waals surface area contributed by atoms with Crippen molar-refractivity contribution in [1.82, 2.24) is 9.55 Å². The van der Waals surface area contributed by atoms with E-state index in [-0.39, 0.29) is 5.95 Å². The molecule has 14 heavy (non-hydrogen) atoms. The van der Waals surface area contributed by atoms with Crippen molar-refractivity contribution in [2.45, 2.75) is 32.4 Å². The van der Waals surface area contributed by atoms with E-state index in [0.717, 1.165) is 0 Å². The van der Waals surface area contributed by atoms with E-state index in [1.807, 2.05) is 0 Å². The summed E-state index contributed by atoms with van der Waals surface area (Å²) < 4.78 is 1.41. The molecule has 1 heterocycles. The van der Waals surface area contributed by atoms with Crippen LogP contribution in [0.15, 0.2) is 12.4 Å². The smallest absolute Gasteiger partial charge is 0.390 e. The van der Waals surface area contributed by atoms with E-state index in [1.54, 1.807) is 13.8 Å². The number of aromatic nitrogens is 2. The second-order valence-corrected chi connectivity index (χ2v) is 3.74. The van der Waals surface area contributed by atoms with Crippen molar-refractivity contribution in [2.75, 3.05) is 0 Å². The molecule has 0 aliphatic heterocycles. The Morgan fingerprint density at radius 2 is 2.36 bits per heavy atom. The summed E-state index contributed by atoms with van der Waals surface area (Å²) in [6, 6.07) is 0. The van der Waals surface area contributed by atoms with Crippen molar-refractivity contribution in [2.24, 2.45) is 0 Å². The average Bonchev–Trinajstić information content (AvgIpc) is 2.46. The van der Waals surface area contributed by atoms with Gasteiger partial charge in [0.2, 0.25) is 0 Å². The van der Waals surface area contributed by atoms with Crippen molar-refractivity contribution in [3.63, 3.8) is 0 Å². The monoisotopic (exact) mass is 199 g/mol. The highest BCUT2D eigenvalue weighted by molar-refractivity contribution is 5.06. The first-order valence-electron chi connectivity index (χ1n) is 4.28. The summed E-state index contributed by atoms with van der Waals surface area (Å²) >= 11 is 0. The molecule has 0 radical (unpaired) electrons. The number of hydrogen-bond acceptors (Lipinski definition) is 4. The average molecular weight is 199 g/mol. The zero-order valence-electron chi connectivity index (χ0n) is 8.17. The normalized spacial score (nSPS) is 11.6. The van der Waals surface area contributed by atoms with Crippen LogP contribution in [0.2, 0.25) is 0 Å². The molecule has 0 aliphatic carbocycles. The van der Waals surface area contributed by atoms with Gasteiger partial charge in [0.1, 0.15) is 12.4 Å². The van der Waals surface area contributed by atoms with Gasteiger partial charge in [-0.25, -0.2) is 4.57 Å². The van der Waals surface area contributed by atoms with E-state index in [2.05, 4.69) is 4.98 Å². The van der Waals surface area contributed by atoms with Crippen LogP contribution in [-0.4, -0.2) is 25.2 Å². The van der Waals surface area contributed by atoms with E-state index in [0.29, 0.717) is 13.0 Å². The zero-order valence-corrected chi connectivity index (χ0v) is 8.17. The van der Waals surface area contributed by atoms with Crippen LogP contribution in [-0.2, 0) is 6.54 Å². The van der Waals surface area contributed by atoms with Crippen LogP contribution in [0.3, 0.4) is 0 Å². The lowest BCUT2D eigenvalue weighted by Gasteiger charge is -2.15. The molecular weight excluding hydrogens is 186 g/mol. The van der Waals surface area contributed by atoms with Crippen molar-refractivity contribution < 1.29 is 10.0 Å². The van der Waals surface area contributed by atoms with Crippen LogP contribution in [0.4, 0.5) is 5.95 Å². The molecule has 0 saturated carbocycles. The Balaban J connectivity index is 2.68. The number of imidazole rings is 1. The van der Waals surface area contributed by atoms with Gasteiger partial charge < -0.3 is 15.2 Å². The maximum absolute atomic E-state index is 10.5. The minimum Gasteiger partial charge on any atom is -0.390 e. The van der Waals surface area contributed by atoms with Crippen molar-refractivity contribution >= 4 is 5.95 Å². The standard InChI is InChI=1S/C8H13N3O3/c1-8(2,12)3-5-10-6-4-9-7(10)11(13)14/h4,6,12H,3,5H2,1-2H3. The summed E-state index contributed by atoms with van der Waals surface area (Å²) in [5.74, 6) is -0.186. The maximum Gasteiger partial charge on any atom is 0.434 e. The van der Waals surface area contributed by atoms with Crippen molar-refractivity contribution in [3.8, 4) is 0 Å². The largest absolute Gasteiger partial charge is 0.434 e. The zero-order chi connectivity index (χ0) is 10.8. The Morgan fingerprint density at radius 1 is 1.71 bits per heavy atom. The second-order valence-electron chi connectivity index (χ2n) is 3.74. The third-order valence-electron chi connectivity index (χ3n) is 1.82. The third kappa shape index (κ3) is 2.81. The van der Waals surface area contributed by atoms with Gasteiger partial charge in [0.25, 0.3) is 0 Å². The van der Waals surface area contributed by atoms with Gasteiger partial charge in [-0.1, -0.05) is 4.98 Å². The van der Waals surface area contributed by atoms with Gasteiger partial charge >= 0.3 is 5.95 Å². The molecule has 6 heteroatoms. The van der Waals surface area contributed by atoms with Gasteiger partial charge in [0.05, 0.1) is 12.1 Å². The molecule has 0 amide bonds. The molecule has 6 nitrogen and oxygen atoms in total. The number of rotatable bonds is 4. The minimum atomic E-state index is -0.821. The van der Waals surface area contributed by atoms with Gasteiger partial charge in [0.15, 0.2) is 0 Å². The molecule has 0 atom stereocenters. The van der Waals surface area contributed by atoms with Gasteiger partial charge in [-0.15, -0.1) is 0 Å². The molecule has 1 aromatic rings. The number of aryl methyl sites for hydroxylation is 1. The highest BCUT2D eigenvalue weighted by atomic mass is 16.6. The molecule has 1 rings (SSSR count). The van der Waals surface area contributed by atoms with E-state index < -0.39 is 10.5 Å². The maximum atomic E-state index is 10.5. The first-order chi connectivity index (χ1) is 6.40. The molecule has 0 saturated heterocycles. The van der Waals surface area contributed by atoms with E-state index in [9.17, 15) is 15.2 Å². The molecule has 1 N–H and O–H groups in total. The highest BCUT2D eigenvalue weighted by Gasteiger charge is 2.18. The van der Waals surface area contributed by atoms with Crippen molar-refractivity contribution in [1.29, 1.82) is 0 Å². The van der Waals surface area contributed by atoms with Crippen LogP contribution in [0, 0.1) is 10.1 Å². The Morgan fingerprint density at radius 3 is 2.86 bits per heavy atom. The Bertz CT molecular complexity index is 327. The first kappa shape index (κ1) is 10.6. The number of nitro groups is 1. The Kier molecular flexibility index (Phi) is 2.85. The fourth-order valence-electron chi connectivity index (χ4n) is 1.04. The predicted molar refractivity (Wildman–Crippen MR) is 49.8 cm³/mol. The summed E-state index contributed by atoms with van der Waals surface area (Å²) in [5, 5.41) is 19.9. The van der Waals surface area contributed by atoms with Gasteiger partial charge in [-0.2, -0.15) is 0 Å². The number of nitrogens with zero attached hydrogens (tertiary/aromatic N) is 3. The topological polar surface area (TPSA) is 81.2 Å². The van der Waals surface area contributed by atoms with Gasteiger partial charge in [-0.05, 0) is 18.8 Å². The van der Waals surface area contributed by atoms with E-state index in [1.165, 1.54) is 17.0 Å². The summed E-state index contributed by atoms with van der Waals surface area (Å²) in [7, 11) is 0. The minimum absolute atomic E-state index is 0.186. The second kappa shape index (κ2) is 3.75. The molecule has 0 fully saturated rings. The fraction of sp³-hybridized carbons (Fsp3) is 0.625. The summed E-state index contributed by atoms with van der Waals surface area (Å²) in [6.07, 6.45) is 3.36. The molecule has 0 aliphatic rings. The molecule has 1 aromatic heterocycles. The van der Waals surface area contributed by atoms with Crippen molar-refractivity contribution in [3.05, 3.63) is 22.5 Å². The SMILES string of the molecule is CC(C)(O)CCn1ccnc1[N+](=O)[O-]. The van der Waals surface area contributed by atoms with Gasteiger partial charge in [-0.3, -0.25) is 0 Å². The summed E-state index contributed by atoms with van der Waals surface area (Å²) in [4.78, 5) is 13.5. The van der Waals surface area contributed by atoms with Crippen LogP contribution in [0.1, 0.15) is 20.3 Å². The van der Waals surface area contributed by atoms with E-state index >= 15 is 0 Å². The predicted octanol–water partition coefficient (Wildman–Crippen LogP) is 0.952. The van der Waals surface area contributed by atoms with Crippen LogP contribution in [0.25, 0.3) is 0 Å². The third-order valence-corrected chi connectivity index (χ3v) is 1.82. The Hall–Kier alpha value is -1.43. The van der Waals surface area contributed by atoms with Gasteiger partial charge in [0, 0.05) is 6.42 Å². The highest BCUT2D eigenvalue weighted by Crippen LogP contribution is 2.13. The molecule has 0 bridgehead atoms. The van der Waals surface area contributed by atoms with E-state index in [4.69, 9.17) is 0 Å². The molecule has 78 valence electrons.